The number of piperidine rings is 1. The Morgan fingerprint density at radius 3 is 2.53 bits per heavy atom. The van der Waals surface area contributed by atoms with Gasteiger partial charge in [0.15, 0.2) is 0 Å². The van der Waals surface area contributed by atoms with Crippen LogP contribution in [0.3, 0.4) is 0 Å². The Hall–Kier alpha value is -0.580. The Morgan fingerprint density at radius 1 is 1.21 bits per heavy atom. The predicted molar refractivity (Wildman–Crippen MR) is 78.1 cm³/mol. The molecule has 3 nitrogen and oxygen atoms in total. The van der Waals surface area contributed by atoms with Crippen molar-refractivity contribution in [1.82, 2.24) is 4.31 Å². The fourth-order valence-electron chi connectivity index (χ4n) is 2.59. The van der Waals surface area contributed by atoms with Crippen molar-refractivity contribution in [1.29, 1.82) is 0 Å². The number of halogens is 1. The zero-order valence-corrected chi connectivity index (χ0v) is 13.2. The predicted octanol–water partition coefficient (Wildman–Crippen LogP) is 3.52. The van der Waals surface area contributed by atoms with Crippen LogP contribution < -0.4 is 0 Å². The van der Waals surface area contributed by atoms with Gasteiger partial charge in [-0.15, -0.1) is 0 Å². The van der Waals surface area contributed by atoms with Crippen molar-refractivity contribution in [2.45, 2.75) is 51.0 Å². The summed E-state index contributed by atoms with van der Waals surface area (Å²) in [6.07, 6.45) is 2.98. The van der Waals surface area contributed by atoms with Gasteiger partial charge in [0.2, 0.25) is 10.0 Å². The molecule has 1 aromatic rings. The van der Waals surface area contributed by atoms with Crippen molar-refractivity contribution < 1.29 is 8.42 Å². The van der Waals surface area contributed by atoms with E-state index in [1.54, 1.807) is 23.4 Å². The molecule has 2 rings (SSSR count). The number of hydrogen-bond acceptors (Lipinski definition) is 2. The van der Waals surface area contributed by atoms with E-state index in [4.69, 9.17) is 11.6 Å². The van der Waals surface area contributed by atoms with Crippen LogP contribution in [0.1, 0.15) is 37.3 Å². The van der Waals surface area contributed by atoms with Crippen LogP contribution in [0.4, 0.5) is 0 Å². The van der Waals surface area contributed by atoms with Gasteiger partial charge in [-0.3, -0.25) is 0 Å². The fraction of sp³-hybridized carbons (Fsp3) is 0.571. The van der Waals surface area contributed by atoms with E-state index in [9.17, 15) is 8.42 Å². The summed E-state index contributed by atoms with van der Waals surface area (Å²) in [4.78, 5) is 0.392. The first kappa shape index (κ1) is 14.8. The van der Waals surface area contributed by atoms with E-state index < -0.39 is 10.0 Å². The van der Waals surface area contributed by atoms with Crippen molar-refractivity contribution in [3.63, 3.8) is 0 Å². The molecule has 5 heteroatoms. The van der Waals surface area contributed by atoms with Crippen LogP contribution in [0.2, 0.25) is 5.02 Å². The van der Waals surface area contributed by atoms with Gasteiger partial charge in [0.05, 0.1) is 4.90 Å². The quantitative estimate of drug-likeness (QED) is 0.838. The fourth-order valence-corrected chi connectivity index (χ4v) is 4.80. The first-order valence-corrected chi connectivity index (χ1v) is 8.44. The van der Waals surface area contributed by atoms with Crippen LogP contribution in [-0.2, 0) is 10.0 Å². The third kappa shape index (κ3) is 2.81. The smallest absolute Gasteiger partial charge is 0.207 e. The van der Waals surface area contributed by atoms with Gasteiger partial charge in [0.1, 0.15) is 0 Å². The maximum Gasteiger partial charge on any atom is 0.243 e. The van der Waals surface area contributed by atoms with Crippen molar-refractivity contribution in [3.05, 3.63) is 28.3 Å². The van der Waals surface area contributed by atoms with E-state index in [0.29, 0.717) is 22.0 Å². The number of benzene rings is 1. The standard InChI is InChI=1S/C14H20ClNO2S/c1-10-9-14(11(2)8-13(10)15)19(17,18)16-7-5-4-6-12(16)3/h8-9,12H,4-7H2,1-3H3. The minimum Gasteiger partial charge on any atom is -0.207 e. The monoisotopic (exact) mass is 301 g/mol. The van der Waals surface area contributed by atoms with Crippen molar-refractivity contribution in [3.8, 4) is 0 Å². The molecule has 0 bridgehead atoms. The zero-order chi connectivity index (χ0) is 14.2. The lowest BCUT2D eigenvalue weighted by molar-refractivity contribution is 0.268. The van der Waals surface area contributed by atoms with Gasteiger partial charge in [-0.25, -0.2) is 8.42 Å². The largest absolute Gasteiger partial charge is 0.243 e. The Bertz CT molecular complexity index is 583. The van der Waals surface area contributed by atoms with E-state index in [2.05, 4.69) is 0 Å². The second kappa shape index (κ2) is 5.43. The average molecular weight is 302 g/mol. The number of hydrogen-bond donors (Lipinski definition) is 0. The van der Waals surface area contributed by atoms with Gasteiger partial charge in [0, 0.05) is 17.6 Å². The summed E-state index contributed by atoms with van der Waals surface area (Å²) in [6.45, 7) is 6.23. The minimum absolute atomic E-state index is 0.0779. The van der Waals surface area contributed by atoms with E-state index in [1.807, 2.05) is 13.8 Å². The van der Waals surface area contributed by atoms with Gasteiger partial charge in [-0.2, -0.15) is 4.31 Å². The average Bonchev–Trinajstić information content (AvgIpc) is 2.34. The summed E-state index contributed by atoms with van der Waals surface area (Å²) in [6, 6.07) is 3.50. The van der Waals surface area contributed by atoms with Crippen LogP contribution in [0.25, 0.3) is 0 Å². The number of sulfonamides is 1. The molecular formula is C14H20ClNO2S. The number of nitrogens with zero attached hydrogens (tertiary/aromatic N) is 1. The third-order valence-electron chi connectivity index (χ3n) is 3.78. The van der Waals surface area contributed by atoms with E-state index >= 15 is 0 Å². The summed E-state index contributed by atoms with van der Waals surface area (Å²) in [5.74, 6) is 0. The van der Waals surface area contributed by atoms with Crippen LogP contribution in [0.15, 0.2) is 17.0 Å². The number of rotatable bonds is 2. The van der Waals surface area contributed by atoms with Crippen molar-refractivity contribution >= 4 is 21.6 Å². The molecule has 1 unspecified atom stereocenters. The molecule has 1 aliphatic rings. The Kier molecular flexibility index (Phi) is 4.23. The molecule has 0 amide bonds. The van der Waals surface area contributed by atoms with Gasteiger partial charge in [0.25, 0.3) is 0 Å². The molecule has 0 spiro atoms. The first-order chi connectivity index (χ1) is 8.84. The van der Waals surface area contributed by atoms with Crippen molar-refractivity contribution in [2.75, 3.05) is 6.54 Å². The lowest BCUT2D eigenvalue weighted by Crippen LogP contribution is -2.42. The Morgan fingerprint density at radius 2 is 1.89 bits per heavy atom. The molecule has 0 radical (unpaired) electrons. The Labute approximate surface area is 120 Å². The SMILES string of the molecule is Cc1cc(S(=O)(=O)N2CCCCC2C)c(C)cc1Cl. The van der Waals surface area contributed by atoms with Gasteiger partial charge in [-0.05, 0) is 56.9 Å². The normalized spacial score (nSPS) is 21.6. The number of aryl methyl sites for hydroxylation is 2. The van der Waals surface area contributed by atoms with Gasteiger partial charge >= 0.3 is 0 Å². The molecule has 1 aromatic carbocycles. The molecule has 1 saturated heterocycles. The maximum absolute atomic E-state index is 12.8. The molecule has 1 fully saturated rings. The highest BCUT2D eigenvalue weighted by molar-refractivity contribution is 7.89. The first-order valence-electron chi connectivity index (χ1n) is 6.62. The van der Waals surface area contributed by atoms with E-state index in [0.717, 1.165) is 24.8 Å². The molecule has 1 atom stereocenters. The molecule has 0 aliphatic carbocycles. The lowest BCUT2D eigenvalue weighted by atomic mass is 10.1. The maximum atomic E-state index is 12.8. The second-order valence-electron chi connectivity index (χ2n) is 5.33. The molecule has 1 heterocycles. The van der Waals surface area contributed by atoms with Crippen LogP contribution in [-0.4, -0.2) is 25.3 Å². The molecule has 0 saturated carbocycles. The molecular weight excluding hydrogens is 282 g/mol. The Balaban J connectivity index is 2.47. The van der Waals surface area contributed by atoms with Crippen LogP contribution >= 0.6 is 11.6 Å². The molecule has 0 aromatic heterocycles. The third-order valence-corrected chi connectivity index (χ3v) is 6.35. The summed E-state index contributed by atoms with van der Waals surface area (Å²) < 4.78 is 27.2. The topological polar surface area (TPSA) is 37.4 Å². The molecule has 19 heavy (non-hydrogen) atoms. The minimum atomic E-state index is -3.41. The summed E-state index contributed by atoms with van der Waals surface area (Å²) >= 11 is 6.04. The lowest BCUT2D eigenvalue weighted by Gasteiger charge is -2.32. The van der Waals surface area contributed by atoms with Crippen LogP contribution in [0, 0.1) is 13.8 Å². The van der Waals surface area contributed by atoms with Gasteiger partial charge in [-0.1, -0.05) is 18.0 Å². The highest BCUT2D eigenvalue weighted by Crippen LogP contribution is 2.29. The second-order valence-corrected chi connectivity index (χ2v) is 7.59. The van der Waals surface area contributed by atoms with Crippen molar-refractivity contribution in [2.24, 2.45) is 0 Å². The van der Waals surface area contributed by atoms with Gasteiger partial charge < -0.3 is 0 Å². The van der Waals surface area contributed by atoms with E-state index in [-0.39, 0.29) is 6.04 Å². The zero-order valence-electron chi connectivity index (χ0n) is 11.6. The molecule has 1 aliphatic heterocycles. The van der Waals surface area contributed by atoms with E-state index in [1.165, 1.54) is 0 Å². The summed E-state index contributed by atoms with van der Waals surface area (Å²) in [5, 5.41) is 0.614. The molecule has 106 valence electrons. The highest BCUT2D eigenvalue weighted by atomic mass is 35.5. The summed E-state index contributed by atoms with van der Waals surface area (Å²) in [7, 11) is -3.41. The summed E-state index contributed by atoms with van der Waals surface area (Å²) in [5.41, 5.74) is 1.52. The van der Waals surface area contributed by atoms with Crippen LogP contribution in [0.5, 0.6) is 0 Å². The highest BCUT2D eigenvalue weighted by Gasteiger charge is 2.32. The molecule has 0 N–H and O–H groups in total.